The van der Waals surface area contributed by atoms with Crippen LogP contribution in [0.3, 0.4) is 0 Å². The highest BCUT2D eigenvalue weighted by Gasteiger charge is 2.27. The van der Waals surface area contributed by atoms with E-state index in [2.05, 4.69) is 21.3 Å². The van der Waals surface area contributed by atoms with Gasteiger partial charge in [-0.2, -0.15) is 5.26 Å². The lowest BCUT2D eigenvalue weighted by molar-refractivity contribution is 0.123. The molecule has 0 radical (unpaired) electrons. The predicted molar refractivity (Wildman–Crippen MR) is 99.1 cm³/mol. The highest BCUT2D eigenvalue weighted by molar-refractivity contribution is 5.74. The van der Waals surface area contributed by atoms with Gasteiger partial charge in [0.2, 0.25) is 0 Å². The van der Waals surface area contributed by atoms with Crippen molar-refractivity contribution in [3.63, 3.8) is 0 Å². The molecular formula is C20H23N5O. The molecule has 2 aromatic rings. The van der Waals surface area contributed by atoms with Crippen LogP contribution in [0.2, 0.25) is 0 Å². The average Bonchev–Trinajstić information content (AvgIpc) is 2.70. The molecule has 0 saturated carbocycles. The first-order valence-electron chi connectivity index (χ1n) is 8.83. The number of benzene rings is 1. The summed E-state index contributed by atoms with van der Waals surface area (Å²) in [7, 11) is 0. The first kappa shape index (κ1) is 17.9. The summed E-state index contributed by atoms with van der Waals surface area (Å²) in [5, 5.41) is 12.6. The Hall–Kier alpha value is -2.91. The van der Waals surface area contributed by atoms with E-state index in [1.54, 1.807) is 12.4 Å². The van der Waals surface area contributed by atoms with Gasteiger partial charge in [0.25, 0.3) is 0 Å². The number of urea groups is 1. The first-order valence-corrected chi connectivity index (χ1v) is 8.83. The number of hydrogen-bond donors (Lipinski definition) is 1. The topological polar surface area (TPSA) is 72.3 Å². The lowest BCUT2D eigenvalue weighted by Gasteiger charge is -2.37. The third-order valence-electron chi connectivity index (χ3n) is 4.73. The van der Waals surface area contributed by atoms with Crippen molar-refractivity contribution in [2.45, 2.75) is 19.0 Å². The van der Waals surface area contributed by atoms with E-state index in [0.717, 1.165) is 11.1 Å². The summed E-state index contributed by atoms with van der Waals surface area (Å²) >= 11 is 0. The molecule has 1 N–H and O–H groups in total. The highest BCUT2D eigenvalue weighted by atomic mass is 16.2. The third kappa shape index (κ3) is 4.19. The van der Waals surface area contributed by atoms with Crippen molar-refractivity contribution < 1.29 is 4.79 Å². The fraction of sp³-hybridized carbons (Fsp3) is 0.350. The quantitative estimate of drug-likeness (QED) is 0.921. The van der Waals surface area contributed by atoms with Crippen LogP contribution in [0.25, 0.3) is 0 Å². The zero-order valence-electron chi connectivity index (χ0n) is 14.9. The molecule has 6 nitrogen and oxygen atoms in total. The van der Waals surface area contributed by atoms with Gasteiger partial charge in [0.1, 0.15) is 6.04 Å². The van der Waals surface area contributed by atoms with Crippen LogP contribution < -0.4 is 5.32 Å². The molecule has 2 atom stereocenters. The van der Waals surface area contributed by atoms with Gasteiger partial charge in [-0.15, -0.1) is 0 Å². The zero-order valence-corrected chi connectivity index (χ0v) is 14.9. The Morgan fingerprint density at radius 3 is 2.42 bits per heavy atom. The van der Waals surface area contributed by atoms with Crippen LogP contribution in [0.5, 0.6) is 0 Å². The van der Waals surface area contributed by atoms with Crippen LogP contribution in [0, 0.1) is 11.3 Å². The van der Waals surface area contributed by atoms with Crippen LogP contribution >= 0.6 is 0 Å². The molecule has 2 heterocycles. The second kappa shape index (κ2) is 8.45. The van der Waals surface area contributed by atoms with E-state index < -0.39 is 0 Å². The van der Waals surface area contributed by atoms with Gasteiger partial charge in [-0.1, -0.05) is 36.4 Å². The van der Waals surface area contributed by atoms with Gasteiger partial charge in [-0.3, -0.25) is 9.88 Å². The minimum Gasteiger partial charge on any atom is -0.331 e. The molecule has 1 fully saturated rings. The summed E-state index contributed by atoms with van der Waals surface area (Å²) in [6, 6.07) is 15.6. The van der Waals surface area contributed by atoms with Crippen LogP contribution in [-0.4, -0.2) is 47.0 Å². The molecule has 6 heteroatoms. The van der Waals surface area contributed by atoms with E-state index >= 15 is 0 Å². The number of aromatic nitrogens is 1. The average molecular weight is 349 g/mol. The predicted octanol–water partition coefficient (Wildman–Crippen LogP) is 2.73. The van der Waals surface area contributed by atoms with Crippen molar-refractivity contribution in [2.75, 3.05) is 26.2 Å². The highest BCUT2D eigenvalue weighted by Crippen LogP contribution is 2.21. The van der Waals surface area contributed by atoms with Crippen LogP contribution in [-0.2, 0) is 0 Å². The van der Waals surface area contributed by atoms with Gasteiger partial charge in [0.15, 0.2) is 0 Å². The van der Waals surface area contributed by atoms with E-state index in [-0.39, 0.29) is 18.1 Å². The zero-order chi connectivity index (χ0) is 18.4. The number of piperazine rings is 1. The number of nitrogens with zero attached hydrogens (tertiary/aromatic N) is 4. The largest absolute Gasteiger partial charge is 0.331 e. The van der Waals surface area contributed by atoms with Gasteiger partial charge in [0, 0.05) is 44.1 Å². The normalized spacial score (nSPS) is 17.2. The molecule has 1 saturated heterocycles. The third-order valence-corrected chi connectivity index (χ3v) is 4.73. The van der Waals surface area contributed by atoms with Crippen LogP contribution in [0.4, 0.5) is 4.79 Å². The Bertz CT molecular complexity index is 751. The summed E-state index contributed by atoms with van der Waals surface area (Å²) < 4.78 is 0. The van der Waals surface area contributed by atoms with E-state index in [0.29, 0.717) is 26.2 Å². The van der Waals surface area contributed by atoms with Crippen LogP contribution in [0.1, 0.15) is 30.1 Å². The Morgan fingerprint density at radius 2 is 1.81 bits per heavy atom. The number of hydrogen-bond acceptors (Lipinski definition) is 4. The number of pyridine rings is 1. The molecule has 0 aliphatic carbocycles. The Morgan fingerprint density at radius 1 is 1.12 bits per heavy atom. The molecule has 26 heavy (non-hydrogen) atoms. The second-order valence-corrected chi connectivity index (χ2v) is 6.42. The number of nitrogens with one attached hydrogen (secondary N) is 1. The van der Waals surface area contributed by atoms with Gasteiger partial charge >= 0.3 is 6.03 Å². The Labute approximate surface area is 154 Å². The van der Waals surface area contributed by atoms with Crippen LogP contribution in [0.15, 0.2) is 54.9 Å². The molecule has 1 aliphatic rings. The van der Waals surface area contributed by atoms with Gasteiger partial charge in [0.05, 0.1) is 12.1 Å². The monoisotopic (exact) mass is 349 g/mol. The van der Waals surface area contributed by atoms with Gasteiger partial charge < -0.3 is 10.2 Å². The summed E-state index contributed by atoms with van der Waals surface area (Å²) in [6.45, 7) is 4.52. The molecule has 1 aliphatic heterocycles. The van der Waals surface area contributed by atoms with Crippen molar-refractivity contribution in [3.8, 4) is 6.07 Å². The van der Waals surface area contributed by atoms with E-state index in [4.69, 9.17) is 0 Å². The molecule has 1 aromatic carbocycles. The van der Waals surface area contributed by atoms with Gasteiger partial charge in [-0.05, 0) is 18.6 Å². The maximum atomic E-state index is 12.5. The maximum absolute atomic E-state index is 12.5. The van der Waals surface area contributed by atoms with Crippen molar-refractivity contribution in [3.05, 3.63) is 66.0 Å². The smallest absolute Gasteiger partial charge is 0.317 e. The second-order valence-electron chi connectivity index (χ2n) is 6.42. The van der Waals surface area contributed by atoms with Crippen molar-refractivity contribution >= 4 is 6.03 Å². The molecule has 2 amide bonds. The molecule has 134 valence electrons. The fourth-order valence-corrected chi connectivity index (χ4v) is 3.19. The number of amides is 2. The molecule has 3 rings (SSSR count). The van der Waals surface area contributed by atoms with Crippen molar-refractivity contribution in [1.29, 1.82) is 5.26 Å². The minimum absolute atomic E-state index is 0.0380. The maximum Gasteiger partial charge on any atom is 0.317 e. The standard InChI is InChI=1S/C20H23N5O/c1-16(17-6-3-2-4-7-17)23-20(26)25-12-10-24(11-13-25)19(14-21)18-8-5-9-22-15-18/h2-9,15-16,19H,10-13H2,1H3,(H,23,26). The lowest BCUT2D eigenvalue weighted by atomic mass is 10.1. The van der Waals surface area contributed by atoms with Gasteiger partial charge in [-0.25, -0.2) is 4.79 Å². The lowest BCUT2D eigenvalue weighted by Crippen LogP contribution is -2.52. The summed E-state index contributed by atoms with van der Waals surface area (Å²) in [6.07, 6.45) is 3.43. The number of nitriles is 1. The van der Waals surface area contributed by atoms with Crippen molar-refractivity contribution in [1.82, 2.24) is 20.1 Å². The first-order chi connectivity index (χ1) is 12.7. The number of carbonyl (C=O) groups is 1. The molecule has 0 spiro atoms. The number of carbonyl (C=O) groups excluding carboxylic acids is 1. The SMILES string of the molecule is CC(NC(=O)N1CCN(C(C#N)c2cccnc2)CC1)c1ccccc1. The minimum atomic E-state index is -0.322. The molecule has 2 unspecified atom stereocenters. The molecular weight excluding hydrogens is 326 g/mol. The summed E-state index contributed by atoms with van der Waals surface area (Å²) in [4.78, 5) is 20.5. The summed E-state index contributed by atoms with van der Waals surface area (Å²) in [5.74, 6) is 0. The Balaban J connectivity index is 1.55. The molecule has 1 aromatic heterocycles. The number of rotatable bonds is 4. The van der Waals surface area contributed by atoms with E-state index in [1.807, 2.05) is 54.3 Å². The van der Waals surface area contributed by atoms with Crippen molar-refractivity contribution in [2.24, 2.45) is 0 Å². The molecule has 0 bridgehead atoms. The Kier molecular flexibility index (Phi) is 5.82. The fourth-order valence-electron chi connectivity index (χ4n) is 3.19. The van der Waals surface area contributed by atoms with E-state index in [9.17, 15) is 10.1 Å². The summed E-state index contributed by atoms with van der Waals surface area (Å²) in [5.41, 5.74) is 1.98. The van der Waals surface area contributed by atoms with E-state index in [1.165, 1.54) is 0 Å².